The molecule has 0 amide bonds. The third kappa shape index (κ3) is 5.43. The summed E-state index contributed by atoms with van der Waals surface area (Å²) in [5, 5.41) is 20.8. The first-order valence-electron chi connectivity index (χ1n) is 11.1. The number of aromatic nitrogens is 2. The van der Waals surface area contributed by atoms with Gasteiger partial charge in [0.15, 0.2) is 5.13 Å². The molecule has 0 bridgehead atoms. The zero-order valence-electron chi connectivity index (χ0n) is 18.6. The van der Waals surface area contributed by atoms with Crippen molar-refractivity contribution in [2.75, 3.05) is 12.4 Å². The summed E-state index contributed by atoms with van der Waals surface area (Å²) in [5.74, 6) is 1.44. The van der Waals surface area contributed by atoms with Gasteiger partial charge in [-0.25, -0.2) is 9.97 Å². The Morgan fingerprint density at radius 2 is 1.94 bits per heavy atom. The standard InChI is InChI=1S/C25H24N4O3S2/c1-32-21-4-2-3-17(12-21)11-19-14-34-25(26-19)28-22(23-15-33-24(27-23)18-7-8-18)13-16-5-9-20(10-6-16)29(30)31/h2-6,9-10,12,14-15,18,22H,7-8,11,13H2,1H3,(H,26,28). The van der Waals surface area contributed by atoms with Crippen LogP contribution in [0.1, 0.15) is 52.3 Å². The minimum absolute atomic E-state index is 0.0685. The van der Waals surface area contributed by atoms with Crippen molar-refractivity contribution in [2.45, 2.75) is 37.6 Å². The second-order valence-corrected chi connectivity index (χ2v) is 10.1. The van der Waals surface area contributed by atoms with Crippen LogP contribution in [0.4, 0.5) is 10.8 Å². The fourth-order valence-corrected chi connectivity index (χ4v) is 5.60. The van der Waals surface area contributed by atoms with E-state index in [4.69, 9.17) is 14.7 Å². The molecule has 34 heavy (non-hydrogen) atoms. The molecule has 7 nitrogen and oxygen atoms in total. The lowest BCUT2D eigenvalue weighted by molar-refractivity contribution is -0.384. The predicted octanol–water partition coefficient (Wildman–Crippen LogP) is 6.38. The van der Waals surface area contributed by atoms with Gasteiger partial charge < -0.3 is 10.1 Å². The molecule has 0 spiro atoms. The Hall–Kier alpha value is -3.30. The van der Waals surface area contributed by atoms with Crippen molar-refractivity contribution < 1.29 is 9.66 Å². The van der Waals surface area contributed by atoms with Crippen molar-refractivity contribution in [3.63, 3.8) is 0 Å². The number of hydrogen-bond donors (Lipinski definition) is 1. The average Bonchev–Trinajstić information content (AvgIpc) is 3.41. The Balaban J connectivity index is 1.34. The number of anilines is 1. The first-order valence-corrected chi connectivity index (χ1v) is 12.9. The van der Waals surface area contributed by atoms with E-state index in [1.807, 2.05) is 30.3 Å². The van der Waals surface area contributed by atoms with Crippen molar-refractivity contribution in [1.29, 1.82) is 0 Å². The summed E-state index contributed by atoms with van der Waals surface area (Å²) in [5.41, 5.74) is 4.24. The zero-order valence-corrected chi connectivity index (χ0v) is 20.3. The minimum atomic E-state index is -0.374. The Kier molecular flexibility index (Phi) is 6.55. The van der Waals surface area contributed by atoms with E-state index in [0.29, 0.717) is 12.3 Å². The first kappa shape index (κ1) is 22.5. The third-order valence-corrected chi connectivity index (χ3v) is 7.63. The molecule has 0 aliphatic heterocycles. The second-order valence-electron chi connectivity index (χ2n) is 8.38. The lowest BCUT2D eigenvalue weighted by Gasteiger charge is -2.16. The number of nitro benzene ring substituents is 1. The van der Waals surface area contributed by atoms with Crippen LogP contribution in [0.3, 0.4) is 0 Å². The van der Waals surface area contributed by atoms with Crippen LogP contribution in [0.2, 0.25) is 0 Å². The maximum atomic E-state index is 11.0. The van der Waals surface area contributed by atoms with E-state index in [9.17, 15) is 10.1 Å². The molecule has 9 heteroatoms. The second kappa shape index (κ2) is 9.90. The van der Waals surface area contributed by atoms with E-state index in [0.717, 1.165) is 39.8 Å². The molecule has 4 aromatic rings. The highest BCUT2D eigenvalue weighted by Crippen LogP contribution is 2.42. The highest BCUT2D eigenvalue weighted by atomic mass is 32.1. The molecule has 1 fully saturated rings. The molecule has 1 N–H and O–H groups in total. The Morgan fingerprint density at radius 1 is 1.12 bits per heavy atom. The van der Waals surface area contributed by atoms with Crippen LogP contribution in [0.25, 0.3) is 0 Å². The molecule has 1 unspecified atom stereocenters. The molecule has 1 atom stereocenters. The van der Waals surface area contributed by atoms with Crippen molar-refractivity contribution in [3.8, 4) is 5.75 Å². The summed E-state index contributed by atoms with van der Waals surface area (Å²) in [6.45, 7) is 0. The van der Waals surface area contributed by atoms with Gasteiger partial charge >= 0.3 is 0 Å². The lowest BCUT2D eigenvalue weighted by atomic mass is 10.0. The van der Waals surface area contributed by atoms with Crippen molar-refractivity contribution in [3.05, 3.63) is 96.9 Å². The van der Waals surface area contributed by atoms with E-state index in [-0.39, 0.29) is 16.7 Å². The first-order chi connectivity index (χ1) is 16.6. The largest absolute Gasteiger partial charge is 0.497 e. The van der Waals surface area contributed by atoms with E-state index < -0.39 is 0 Å². The van der Waals surface area contributed by atoms with Gasteiger partial charge in [0.1, 0.15) is 5.75 Å². The Bertz CT molecular complexity index is 1280. The number of non-ortho nitro benzene ring substituents is 1. The smallest absolute Gasteiger partial charge is 0.269 e. The average molecular weight is 493 g/mol. The van der Waals surface area contributed by atoms with Crippen molar-refractivity contribution in [1.82, 2.24) is 9.97 Å². The van der Waals surface area contributed by atoms with Crippen LogP contribution in [-0.4, -0.2) is 22.0 Å². The summed E-state index contributed by atoms with van der Waals surface area (Å²) in [6.07, 6.45) is 3.82. The van der Waals surface area contributed by atoms with Gasteiger partial charge in [0.25, 0.3) is 5.69 Å². The number of methoxy groups -OCH3 is 1. The predicted molar refractivity (Wildman–Crippen MR) is 135 cm³/mol. The SMILES string of the molecule is COc1cccc(Cc2csc(NC(Cc3ccc([N+](=O)[O-])cc3)c3csc(C4CC4)n3)n2)c1. The van der Waals surface area contributed by atoms with Crippen LogP contribution in [-0.2, 0) is 12.8 Å². The number of rotatable bonds is 10. The van der Waals surface area contributed by atoms with Crippen LogP contribution >= 0.6 is 22.7 Å². The Morgan fingerprint density at radius 3 is 2.68 bits per heavy atom. The number of benzene rings is 2. The number of hydrogen-bond acceptors (Lipinski definition) is 8. The molecule has 174 valence electrons. The van der Waals surface area contributed by atoms with Gasteiger partial charge in [0, 0.05) is 35.2 Å². The quantitative estimate of drug-likeness (QED) is 0.204. The van der Waals surface area contributed by atoms with E-state index in [1.54, 1.807) is 41.9 Å². The minimum Gasteiger partial charge on any atom is -0.497 e. The van der Waals surface area contributed by atoms with Gasteiger partial charge in [0.2, 0.25) is 0 Å². The fourth-order valence-electron chi connectivity index (χ4n) is 3.79. The normalized spacial score (nSPS) is 14.0. The van der Waals surface area contributed by atoms with Crippen molar-refractivity contribution >= 4 is 33.5 Å². The van der Waals surface area contributed by atoms with Gasteiger partial charge in [-0.3, -0.25) is 10.1 Å². The third-order valence-electron chi connectivity index (χ3n) is 5.78. The number of nitro groups is 1. The molecule has 1 saturated carbocycles. The molecule has 5 rings (SSSR count). The maximum Gasteiger partial charge on any atom is 0.269 e. The molecule has 1 aliphatic carbocycles. The number of thiazole rings is 2. The summed E-state index contributed by atoms with van der Waals surface area (Å²) in [4.78, 5) is 20.4. The monoisotopic (exact) mass is 492 g/mol. The summed E-state index contributed by atoms with van der Waals surface area (Å²) in [6, 6.07) is 14.7. The number of nitrogens with one attached hydrogen (secondary N) is 1. The molecule has 2 aromatic heterocycles. The molecule has 0 radical (unpaired) electrons. The van der Waals surface area contributed by atoms with Gasteiger partial charge in [-0.15, -0.1) is 22.7 Å². The van der Waals surface area contributed by atoms with Gasteiger partial charge in [0.05, 0.1) is 34.5 Å². The van der Waals surface area contributed by atoms with E-state index in [1.165, 1.54) is 17.8 Å². The molecular weight excluding hydrogens is 468 g/mol. The molecule has 1 aliphatic rings. The highest BCUT2D eigenvalue weighted by molar-refractivity contribution is 7.13. The van der Waals surface area contributed by atoms with Crippen molar-refractivity contribution in [2.24, 2.45) is 0 Å². The number of nitrogens with zero attached hydrogens (tertiary/aromatic N) is 3. The zero-order chi connectivity index (χ0) is 23.5. The van der Waals surface area contributed by atoms with Gasteiger partial charge in [-0.05, 0) is 42.5 Å². The van der Waals surface area contributed by atoms with Gasteiger partial charge in [-0.1, -0.05) is 24.3 Å². The topological polar surface area (TPSA) is 90.2 Å². The molecule has 2 aromatic carbocycles. The molecular formula is C25H24N4O3S2. The maximum absolute atomic E-state index is 11.0. The van der Waals surface area contributed by atoms with Crippen LogP contribution in [0, 0.1) is 10.1 Å². The van der Waals surface area contributed by atoms with E-state index >= 15 is 0 Å². The molecule has 0 saturated heterocycles. The Labute approximate surface area is 205 Å². The van der Waals surface area contributed by atoms with Crippen LogP contribution in [0.5, 0.6) is 5.75 Å². The van der Waals surface area contributed by atoms with E-state index in [2.05, 4.69) is 22.1 Å². The fraction of sp³-hybridized carbons (Fsp3) is 0.280. The lowest BCUT2D eigenvalue weighted by Crippen LogP contribution is -2.14. The van der Waals surface area contributed by atoms with Crippen LogP contribution < -0.4 is 10.1 Å². The van der Waals surface area contributed by atoms with Crippen LogP contribution in [0.15, 0.2) is 59.3 Å². The summed E-state index contributed by atoms with van der Waals surface area (Å²) < 4.78 is 5.33. The number of ether oxygens (including phenoxy) is 1. The summed E-state index contributed by atoms with van der Waals surface area (Å²) in [7, 11) is 1.67. The summed E-state index contributed by atoms with van der Waals surface area (Å²) >= 11 is 3.29. The molecule has 2 heterocycles. The van der Waals surface area contributed by atoms with Gasteiger partial charge in [-0.2, -0.15) is 0 Å². The highest BCUT2D eigenvalue weighted by Gasteiger charge is 2.28.